The Bertz CT molecular complexity index is 627. The van der Waals surface area contributed by atoms with E-state index in [1.165, 1.54) is 6.21 Å². The molecule has 2 aromatic carbocycles. The molecule has 1 amide bonds. The molecule has 21 heavy (non-hydrogen) atoms. The minimum absolute atomic E-state index is 0.153. The quantitative estimate of drug-likeness (QED) is 0.639. The molecule has 0 radical (unpaired) electrons. The second-order valence-corrected chi connectivity index (χ2v) is 5.47. The molecule has 1 N–H and O–H groups in total. The van der Waals surface area contributed by atoms with E-state index >= 15 is 0 Å². The van der Waals surface area contributed by atoms with Gasteiger partial charge in [-0.25, -0.2) is 0 Å². The van der Waals surface area contributed by atoms with E-state index in [4.69, 9.17) is 16.4 Å². The molecule has 4 nitrogen and oxygen atoms in total. The second kappa shape index (κ2) is 7.81. The lowest BCUT2D eigenvalue weighted by Crippen LogP contribution is -2.16. The van der Waals surface area contributed by atoms with Crippen LogP contribution in [-0.4, -0.2) is 18.7 Å². The number of rotatable bonds is 5. The molecule has 0 saturated carbocycles. The van der Waals surface area contributed by atoms with Gasteiger partial charge in [0.1, 0.15) is 0 Å². The van der Waals surface area contributed by atoms with Crippen LogP contribution in [0.4, 0.5) is 5.69 Å². The van der Waals surface area contributed by atoms with Crippen LogP contribution in [0.5, 0.6) is 0 Å². The number of nitrogens with zero attached hydrogens (tertiary/aromatic N) is 1. The third kappa shape index (κ3) is 5.57. The van der Waals surface area contributed by atoms with Gasteiger partial charge >= 0.3 is 0 Å². The summed E-state index contributed by atoms with van der Waals surface area (Å²) in [5.74, 6) is -0.273. The summed E-state index contributed by atoms with van der Waals surface area (Å²) in [7, 11) is 0. The molecule has 0 saturated heterocycles. The number of amides is 1. The number of hydrogen-bond acceptors (Lipinski definition) is 3. The lowest BCUT2D eigenvalue weighted by Gasteiger charge is -2.04. The van der Waals surface area contributed by atoms with Crippen LogP contribution in [0.3, 0.4) is 0 Å². The van der Waals surface area contributed by atoms with Crippen molar-refractivity contribution in [2.24, 2.45) is 5.16 Å². The van der Waals surface area contributed by atoms with Gasteiger partial charge in [0.05, 0.1) is 6.21 Å². The van der Waals surface area contributed by atoms with Gasteiger partial charge in [0.2, 0.25) is 0 Å². The van der Waals surface area contributed by atoms with Crippen molar-refractivity contribution >= 4 is 45.3 Å². The zero-order valence-electron chi connectivity index (χ0n) is 10.9. The smallest absolute Gasteiger partial charge is 0.265 e. The van der Waals surface area contributed by atoms with Crippen molar-refractivity contribution in [2.75, 3.05) is 11.9 Å². The van der Waals surface area contributed by atoms with Gasteiger partial charge in [-0.3, -0.25) is 4.79 Å². The topological polar surface area (TPSA) is 50.7 Å². The van der Waals surface area contributed by atoms with E-state index in [9.17, 15) is 4.79 Å². The third-order valence-corrected chi connectivity index (χ3v) is 3.25. The molecule has 0 bridgehead atoms. The molecule has 6 heteroatoms. The van der Waals surface area contributed by atoms with Gasteiger partial charge in [0.15, 0.2) is 6.61 Å². The zero-order chi connectivity index (χ0) is 15.1. The minimum Gasteiger partial charge on any atom is -0.386 e. The maximum Gasteiger partial charge on any atom is 0.265 e. The first-order valence-corrected chi connectivity index (χ1v) is 7.27. The van der Waals surface area contributed by atoms with Crippen molar-refractivity contribution in [1.82, 2.24) is 0 Å². The lowest BCUT2D eigenvalue weighted by atomic mass is 10.2. The Morgan fingerprint density at radius 2 is 1.86 bits per heavy atom. The van der Waals surface area contributed by atoms with Gasteiger partial charge in [-0.05, 0) is 42.0 Å². The monoisotopic (exact) mass is 366 g/mol. The fourth-order valence-electron chi connectivity index (χ4n) is 1.47. The minimum atomic E-state index is -0.273. The summed E-state index contributed by atoms with van der Waals surface area (Å²) in [4.78, 5) is 16.6. The van der Waals surface area contributed by atoms with Crippen molar-refractivity contribution < 1.29 is 9.63 Å². The van der Waals surface area contributed by atoms with Crippen molar-refractivity contribution in [3.8, 4) is 0 Å². The molecule has 0 aliphatic rings. The Hall–Kier alpha value is -1.85. The first-order chi connectivity index (χ1) is 10.1. The lowest BCUT2D eigenvalue weighted by molar-refractivity contribution is -0.120. The third-order valence-electron chi connectivity index (χ3n) is 2.47. The number of hydrogen-bond donors (Lipinski definition) is 1. The van der Waals surface area contributed by atoms with Gasteiger partial charge in [0, 0.05) is 15.2 Å². The second-order valence-electron chi connectivity index (χ2n) is 4.11. The number of oxime groups is 1. The maximum atomic E-state index is 11.6. The summed E-state index contributed by atoms with van der Waals surface area (Å²) in [6.45, 7) is -0.153. The highest BCUT2D eigenvalue weighted by Crippen LogP contribution is 2.13. The highest BCUT2D eigenvalue weighted by molar-refractivity contribution is 9.10. The molecule has 2 aromatic rings. The molecule has 0 atom stereocenters. The van der Waals surface area contributed by atoms with Crippen LogP contribution in [0.2, 0.25) is 5.02 Å². The molecule has 0 unspecified atom stereocenters. The van der Waals surface area contributed by atoms with Crippen molar-refractivity contribution in [3.63, 3.8) is 0 Å². The Balaban J connectivity index is 1.76. The first kappa shape index (κ1) is 15.5. The van der Waals surface area contributed by atoms with Crippen LogP contribution >= 0.6 is 27.5 Å². The average molecular weight is 368 g/mol. The largest absolute Gasteiger partial charge is 0.386 e. The van der Waals surface area contributed by atoms with E-state index in [0.29, 0.717) is 10.7 Å². The van der Waals surface area contributed by atoms with Crippen LogP contribution in [0, 0.1) is 0 Å². The highest BCUT2D eigenvalue weighted by Gasteiger charge is 2.02. The molecule has 108 valence electrons. The standard InChI is InChI=1S/C15H12BrClN2O2/c16-12-3-7-14(8-4-12)19-15(20)10-21-18-9-11-1-5-13(17)6-2-11/h1-9H,10H2,(H,19,20)/b18-9+. The number of carbonyl (C=O) groups is 1. The van der Waals surface area contributed by atoms with E-state index in [0.717, 1.165) is 10.0 Å². The van der Waals surface area contributed by atoms with Crippen molar-refractivity contribution in [3.05, 3.63) is 63.6 Å². The van der Waals surface area contributed by atoms with Gasteiger partial charge in [-0.2, -0.15) is 0 Å². The highest BCUT2D eigenvalue weighted by atomic mass is 79.9. The molecule has 2 rings (SSSR count). The SMILES string of the molecule is O=C(CO/N=C/c1ccc(Cl)cc1)Nc1ccc(Br)cc1. The normalized spacial score (nSPS) is 10.6. The summed E-state index contributed by atoms with van der Waals surface area (Å²) in [6.07, 6.45) is 1.52. The van der Waals surface area contributed by atoms with E-state index in [1.807, 2.05) is 12.1 Å². The van der Waals surface area contributed by atoms with Crippen LogP contribution in [0.1, 0.15) is 5.56 Å². The average Bonchev–Trinajstić information content (AvgIpc) is 2.48. The van der Waals surface area contributed by atoms with Gasteiger partial charge in [-0.1, -0.05) is 44.8 Å². The molecule has 0 aliphatic heterocycles. The van der Waals surface area contributed by atoms with Crippen molar-refractivity contribution in [1.29, 1.82) is 0 Å². The van der Waals surface area contributed by atoms with E-state index in [1.54, 1.807) is 36.4 Å². The van der Waals surface area contributed by atoms with Crippen LogP contribution in [-0.2, 0) is 9.63 Å². The van der Waals surface area contributed by atoms with Crippen molar-refractivity contribution in [2.45, 2.75) is 0 Å². The molecule has 0 aliphatic carbocycles. The number of benzene rings is 2. The summed E-state index contributed by atoms with van der Waals surface area (Å²) in [6, 6.07) is 14.4. The van der Waals surface area contributed by atoms with Crippen LogP contribution in [0.15, 0.2) is 58.2 Å². The summed E-state index contributed by atoms with van der Waals surface area (Å²) < 4.78 is 0.948. The van der Waals surface area contributed by atoms with Gasteiger partial charge in [0.25, 0.3) is 5.91 Å². The number of carbonyl (C=O) groups excluding carboxylic acids is 1. The predicted molar refractivity (Wildman–Crippen MR) is 87.8 cm³/mol. The maximum absolute atomic E-state index is 11.6. The summed E-state index contributed by atoms with van der Waals surface area (Å²) in [5, 5.41) is 7.08. The van der Waals surface area contributed by atoms with Crippen LogP contribution < -0.4 is 5.32 Å². The summed E-state index contributed by atoms with van der Waals surface area (Å²) in [5.41, 5.74) is 1.54. The number of anilines is 1. The fourth-order valence-corrected chi connectivity index (χ4v) is 1.86. The number of halogens is 2. The molecule has 0 fully saturated rings. The Morgan fingerprint density at radius 1 is 1.19 bits per heavy atom. The molecule has 0 spiro atoms. The van der Waals surface area contributed by atoms with E-state index in [-0.39, 0.29) is 12.5 Å². The molecule has 0 heterocycles. The Kier molecular flexibility index (Phi) is 5.78. The zero-order valence-corrected chi connectivity index (χ0v) is 13.3. The Labute approximate surface area is 135 Å². The van der Waals surface area contributed by atoms with Gasteiger partial charge in [-0.15, -0.1) is 0 Å². The molecular weight excluding hydrogens is 356 g/mol. The predicted octanol–water partition coefficient (Wildman–Crippen LogP) is 4.09. The fraction of sp³-hybridized carbons (Fsp3) is 0.0667. The van der Waals surface area contributed by atoms with Crippen LogP contribution in [0.25, 0.3) is 0 Å². The summed E-state index contributed by atoms with van der Waals surface area (Å²) >= 11 is 9.09. The number of nitrogens with one attached hydrogen (secondary N) is 1. The van der Waals surface area contributed by atoms with E-state index < -0.39 is 0 Å². The molecular formula is C15H12BrClN2O2. The van der Waals surface area contributed by atoms with E-state index in [2.05, 4.69) is 26.4 Å². The molecule has 0 aromatic heterocycles. The van der Waals surface area contributed by atoms with Gasteiger partial charge < -0.3 is 10.2 Å². The first-order valence-electron chi connectivity index (χ1n) is 6.10. The Morgan fingerprint density at radius 3 is 2.52 bits per heavy atom.